The van der Waals surface area contributed by atoms with E-state index in [0.29, 0.717) is 28.5 Å². The van der Waals surface area contributed by atoms with Gasteiger partial charge in [-0.15, -0.1) is 0 Å². The Hall–Kier alpha value is -3.58. The number of nitrogens with zero attached hydrogens (tertiary/aromatic N) is 3. The summed E-state index contributed by atoms with van der Waals surface area (Å²) in [6.45, 7) is 4.18. The van der Waals surface area contributed by atoms with Gasteiger partial charge in [0.2, 0.25) is 0 Å². The largest absolute Gasteiger partial charge is 0.365 e. The molecule has 6 nitrogen and oxygen atoms in total. The number of hydrogen-bond acceptors (Lipinski definition) is 4. The van der Waals surface area contributed by atoms with Gasteiger partial charge in [0.25, 0.3) is 5.91 Å². The summed E-state index contributed by atoms with van der Waals surface area (Å²) in [5.74, 6) is -1.42. The fraction of sp³-hybridized carbons (Fsp3) is 0.345. The lowest BCUT2D eigenvalue weighted by Crippen LogP contribution is -2.32. The number of nitrogens with one attached hydrogen (secondary N) is 1. The second-order valence-electron chi connectivity index (χ2n) is 10.2. The van der Waals surface area contributed by atoms with Gasteiger partial charge in [0.1, 0.15) is 11.5 Å². The summed E-state index contributed by atoms with van der Waals surface area (Å²) in [5, 5.41) is 8.17. The molecule has 3 heterocycles. The van der Waals surface area contributed by atoms with Crippen LogP contribution in [0.1, 0.15) is 52.7 Å². The quantitative estimate of drug-likeness (QED) is 0.392. The van der Waals surface area contributed by atoms with Crippen molar-refractivity contribution in [3.63, 3.8) is 0 Å². The molecule has 1 saturated heterocycles. The van der Waals surface area contributed by atoms with Crippen LogP contribution < -0.4 is 5.73 Å². The summed E-state index contributed by atoms with van der Waals surface area (Å²) < 4.78 is 14.7. The van der Waals surface area contributed by atoms with Crippen LogP contribution in [-0.2, 0) is 12.8 Å². The summed E-state index contributed by atoms with van der Waals surface area (Å²) >= 11 is 0. The predicted molar refractivity (Wildman–Crippen MR) is 139 cm³/mol. The maximum Gasteiger partial charge on any atom is 0.251 e. The summed E-state index contributed by atoms with van der Waals surface area (Å²) in [6, 6.07) is 12.6. The molecular weight excluding hydrogens is 453 g/mol. The zero-order valence-corrected chi connectivity index (χ0v) is 20.5. The van der Waals surface area contributed by atoms with E-state index >= 15 is 0 Å². The molecule has 3 N–H and O–H groups in total. The number of benzene rings is 2. The van der Waals surface area contributed by atoms with E-state index in [-0.39, 0.29) is 5.56 Å². The Bertz CT molecular complexity index is 1450. The SMILES string of the molecule is Cc1cc(-c2n[nH]c3ncc(-c4ccc5c(c4)CCC(N4CCCC4)CC5)cc23)cc(F)c1C(N)=O. The third-order valence-corrected chi connectivity index (χ3v) is 7.91. The van der Waals surface area contributed by atoms with Crippen molar-refractivity contribution in [2.24, 2.45) is 5.73 Å². The van der Waals surface area contributed by atoms with Crippen LogP contribution in [0.4, 0.5) is 4.39 Å². The fourth-order valence-electron chi connectivity index (χ4n) is 6.02. The molecule has 0 bridgehead atoms. The van der Waals surface area contributed by atoms with Gasteiger partial charge >= 0.3 is 0 Å². The van der Waals surface area contributed by atoms with Crippen molar-refractivity contribution < 1.29 is 9.18 Å². The second kappa shape index (κ2) is 9.13. The normalized spacial score (nSPS) is 18.3. The Morgan fingerprint density at radius 3 is 2.56 bits per heavy atom. The number of aromatic amines is 1. The lowest BCUT2D eigenvalue weighted by atomic mass is 9.96. The van der Waals surface area contributed by atoms with Crippen LogP contribution in [0.25, 0.3) is 33.4 Å². The minimum absolute atomic E-state index is 0.0886. The first-order chi connectivity index (χ1) is 17.5. The molecule has 1 fully saturated rings. The minimum atomic E-state index is -0.776. The molecule has 2 aromatic heterocycles. The zero-order valence-electron chi connectivity index (χ0n) is 20.5. The van der Waals surface area contributed by atoms with Gasteiger partial charge in [-0.25, -0.2) is 9.37 Å². The Balaban J connectivity index is 1.33. The number of halogens is 1. The number of carbonyl (C=O) groups excluding carboxylic acids is 1. The fourth-order valence-corrected chi connectivity index (χ4v) is 6.02. The topological polar surface area (TPSA) is 87.9 Å². The van der Waals surface area contributed by atoms with E-state index < -0.39 is 11.7 Å². The standard InChI is InChI=1S/C29H30FN5O/c1-17-12-21(15-25(30)26(17)28(31)36)27-24-14-22(16-32-29(24)34-33-27)20-5-4-18-6-8-23(9-7-19(18)13-20)35-10-2-3-11-35/h4-5,12-16,23H,2-3,6-11H2,1H3,(H2,31,36)(H,32,33,34). The van der Waals surface area contributed by atoms with Gasteiger partial charge in [0.05, 0.1) is 5.56 Å². The summed E-state index contributed by atoms with van der Waals surface area (Å²) in [4.78, 5) is 18.9. The number of primary amides is 1. The average Bonchev–Trinajstić information content (AvgIpc) is 3.49. The Kier molecular flexibility index (Phi) is 5.80. The first-order valence-electron chi connectivity index (χ1n) is 12.8. The molecule has 1 aliphatic heterocycles. The van der Waals surface area contributed by atoms with Crippen molar-refractivity contribution in [1.82, 2.24) is 20.1 Å². The average molecular weight is 484 g/mol. The van der Waals surface area contributed by atoms with Crippen LogP contribution in [0, 0.1) is 12.7 Å². The van der Waals surface area contributed by atoms with E-state index in [9.17, 15) is 9.18 Å². The molecule has 2 aliphatic rings. The van der Waals surface area contributed by atoms with Gasteiger partial charge in [0, 0.05) is 28.8 Å². The number of hydrogen-bond donors (Lipinski definition) is 2. The monoisotopic (exact) mass is 483 g/mol. The van der Waals surface area contributed by atoms with Crippen LogP contribution in [0.5, 0.6) is 0 Å². The molecule has 0 saturated carbocycles. The number of rotatable bonds is 4. The molecule has 1 atom stereocenters. The van der Waals surface area contributed by atoms with Crippen molar-refractivity contribution in [3.8, 4) is 22.4 Å². The van der Waals surface area contributed by atoms with Crippen molar-refractivity contribution in [2.75, 3.05) is 13.1 Å². The molecular formula is C29H30FN5O. The number of H-pyrrole nitrogens is 1. The first-order valence-corrected chi connectivity index (χ1v) is 12.8. The summed E-state index contributed by atoms with van der Waals surface area (Å²) in [5.41, 5.74) is 12.6. The molecule has 2 aromatic carbocycles. The van der Waals surface area contributed by atoms with Gasteiger partial charge in [-0.3, -0.25) is 9.89 Å². The molecule has 0 radical (unpaired) electrons. The number of likely N-dealkylation sites (tertiary alicyclic amines) is 1. The van der Waals surface area contributed by atoms with Gasteiger partial charge in [0.15, 0.2) is 5.65 Å². The van der Waals surface area contributed by atoms with Crippen LogP contribution in [0.3, 0.4) is 0 Å². The van der Waals surface area contributed by atoms with E-state index in [0.717, 1.165) is 29.4 Å². The van der Waals surface area contributed by atoms with Gasteiger partial charge < -0.3 is 10.6 Å². The molecule has 7 heteroatoms. The number of aromatic nitrogens is 3. The second-order valence-corrected chi connectivity index (χ2v) is 10.2. The molecule has 36 heavy (non-hydrogen) atoms. The molecule has 184 valence electrons. The predicted octanol–water partition coefficient (Wildman–Crippen LogP) is 5.18. The van der Waals surface area contributed by atoms with Crippen LogP contribution in [0.2, 0.25) is 0 Å². The summed E-state index contributed by atoms with van der Waals surface area (Å²) in [6.07, 6.45) is 9.21. The van der Waals surface area contributed by atoms with E-state index in [4.69, 9.17) is 5.73 Å². The van der Waals surface area contributed by atoms with E-state index in [2.05, 4.69) is 44.3 Å². The Morgan fingerprint density at radius 2 is 1.81 bits per heavy atom. The smallest absolute Gasteiger partial charge is 0.251 e. The molecule has 1 aliphatic carbocycles. The minimum Gasteiger partial charge on any atom is -0.365 e. The zero-order chi connectivity index (χ0) is 24.8. The van der Waals surface area contributed by atoms with E-state index in [1.165, 1.54) is 56.0 Å². The highest BCUT2D eigenvalue weighted by atomic mass is 19.1. The summed E-state index contributed by atoms with van der Waals surface area (Å²) in [7, 11) is 0. The lowest BCUT2D eigenvalue weighted by molar-refractivity contribution is 0.0996. The van der Waals surface area contributed by atoms with Crippen molar-refractivity contribution in [1.29, 1.82) is 0 Å². The van der Waals surface area contributed by atoms with E-state index in [1.54, 1.807) is 13.0 Å². The van der Waals surface area contributed by atoms with Gasteiger partial charge in [-0.05, 0) is 99.0 Å². The third-order valence-electron chi connectivity index (χ3n) is 7.91. The number of aryl methyl sites for hydroxylation is 3. The maximum atomic E-state index is 14.7. The molecule has 6 rings (SSSR count). The van der Waals surface area contributed by atoms with Crippen LogP contribution in [-0.4, -0.2) is 45.1 Å². The van der Waals surface area contributed by atoms with Gasteiger partial charge in [-0.2, -0.15) is 5.10 Å². The highest BCUT2D eigenvalue weighted by Crippen LogP contribution is 2.33. The molecule has 0 spiro atoms. The van der Waals surface area contributed by atoms with Crippen molar-refractivity contribution >= 4 is 16.9 Å². The Morgan fingerprint density at radius 1 is 1.03 bits per heavy atom. The maximum absolute atomic E-state index is 14.7. The number of nitrogens with two attached hydrogens (primary N) is 1. The Labute approximate surface area is 209 Å². The number of pyridine rings is 1. The first kappa shape index (κ1) is 22.9. The van der Waals surface area contributed by atoms with Gasteiger partial charge in [-0.1, -0.05) is 18.2 Å². The van der Waals surface area contributed by atoms with Crippen molar-refractivity contribution in [3.05, 3.63) is 70.7 Å². The highest BCUT2D eigenvalue weighted by molar-refractivity contribution is 5.97. The molecule has 4 aromatic rings. The van der Waals surface area contributed by atoms with E-state index in [1.807, 2.05) is 6.20 Å². The third kappa shape index (κ3) is 4.07. The lowest BCUT2D eigenvalue weighted by Gasteiger charge is -2.25. The highest BCUT2D eigenvalue weighted by Gasteiger charge is 2.24. The van der Waals surface area contributed by atoms with Crippen molar-refractivity contribution in [2.45, 2.75) is 51.5 Å². The molecule has 1 unspecified atom stereocenters. The van der Waals surface area contributed by atoms with Crippen LogP contribution >= 0.6 is 0 Å². The molecule has 1 amide bonds. The van der Waals surface area contributed by atoms with Crippen LogP contribution in [0.15, 0.2) is 42.6 Å². The number of fused-ring (bicyclic) bond motifs is 2. The number of amides is 1. The number of carbonyl (C=O) groups is 1.